The normalized spacial score (nSPS) is 17.9. The Morgan fingerprint density at radius 1 is 1.18 bits per heavy atom. The number of halogens is 1. The summed E-state index contributed by atoms with van der Waals surface area (Å²) in [5.74, 6) is 3.56. The first-order valence-corrected chi connectivity index (χ1v) is 9.47. The minimum Gasteiger partial charge on any atom is -0.492 e. The van der Waals surface area contributed by atoms with Crippen molar-refractivity contribution >= 4 is 29.9 Å². The van der Waals surface area contributed by atoms with Crippen LogP contribution in [0.1, 0.15) is 12.8 Å². The third kappa shape index (κ3) is 7.51. The molecular formula is C19H30IN3O5. The van der Waals surface area contributed by atoms with Crippen LogP contribution in [0.15, 0.2) is 23.2 Å². The van der Waals surface area contributed by atoms with Crippen LogP contribution in [0.3, 0.4) is 0 Å². The van der Waals surface area contributed by atoms with Gasteiger partial charge >= 0.3 is 0 Å². The lowest BCUT2D eigenvalue weighted by atomic mass is 10.1. The number of aliphatic imine (C=N–C) groups is 1. The summed E-state index contributed by atoms with van der Waals surface area (Å²) in [6.07, 6.45) is 2.05. The number of rotatable bonds is 10. The standard InChI is InChI=1S/C19H29N3O5.HI/c1-20-19(21-6-2-8-23-12-15-5-9-24-13-15)22-7-10-25-16-3-4-17-18(11-16)27-14-26-17;/h3-4,11,15H,2,5-10,12-14H2,1H3,(H2,20,21,22);1H. The van der Waals surface area contributed by atoms with Gasteiger partial charge in [-0.05, 0) is 25.0 Å². The highest BCUT2D eigenvalue weighted by molar-refractivity contribution is 14.0. The summed E-state index contributed by atoms with van der Waals surface area (Å²) in [6.45, 7) is 5.49. The van der Waals surface area contributed by atoms with Crippen LogP contribution in [-0.2, 0) is 9.47 Å². The quantitative estimate of drug-likeness (QED) is 0.217. The van der Waals surface area contributed by atoms with E-state index < -0.39 is 0 Å². The molecule has 0 radical (unpaired) electrons. The maximum absolute atomic E-state index is 5.72. The molecule has 3 rings (SSSR count). The van der Waals surface area contributed by atoms with Crippen molar-refractivity contribution in [2.75, 3.05) is 60.0 Å². The number of ether oxygens (including phenoxy) is 5. The number of nitrogens with one attached hydrogen (secondary N) is 2. The van der Waals surface area contributed by atoms with Crippen molar-refractivity contribution < 1.29 is 23.7 Å². The first kappa shape index (κ1) is 22.8. The summed E-state index contributed by atoms with van der Waals surface area (Å²) in [4.78, 5) is 4.21. The molecule has 2 N–H and O–H groups in total. The van der Waals surface area contributed by atoms with Gasteiger partial charge in [0.05, 0.1) is 19.8 Å². The number of nitrogens with zero attached hydrogens (tertiary/aromatic N) is 1. The zero-order chi connectivity index (χ0) is 18.7. The number of hydrogen-bond acceptors (Lipinski definition) is 6. The average Bonchev–Trinajstić information content (AvgIpc) is 3.37. The van der Waals surface area contributed by atoms with Gasteiger partial charge in [-0.2, -0.15) is 0 Å². The maximum atomic E-state index is 5.72. The van der Waals surface area contributed by atoms with E-state index in [-0.39, 0.29) is 30.8 Å². The van der Waals surface area contributed by atoms with Crippen molar-refractivity contribution in [2.45, 2.75) is 12.8 Å². The van der Waals surface area contributed by atoms with Gasteiger partial charge in [-0.25, -0.2) is 0 Å². The summed E-state index contributed by atoms with van der Waals surface area (Å²) in [6, 6.07) is 5.57. The summed E-state index contributed by atoms with van der Waals surface area (Å²) in [5, 5.41) is 6.50. The molecule has 0 saturated carbocycles. The fourth-order valence-electron chi connectivity index (χ4n) is 2.87. The number of benzene rings is 1. The highest BCUT2D eigenvalue weighted by atomic mass is 127. The van der Waals surface area contributed by atoms with E-state index in [9.17, 15) is 0 Å². The van der Waals surface area contributed by atoms with Crippen LogP contribution in [-0.4, -0.2) is 65.9 Å². The van der Waals surface area contributed by atoms with Crippen molar-refractivity contribution in [3.63, 3.8) is 0 Å². The number of fused-ring (bicyclic) bond motifs is 1. The Morgan fingerprint density at radius 3 is 2.86 bits per heavy atom. The Bertz CT molecular complexity index is 611. The number of guanidine groups is 1. The molecule has 1 aromatic rings. The van der Waals surface area contributed by atoms with E-state index in [1.54, 1.807) is 7.05 Å². The molecular weight excluding hydrogens is 477 g/mol. The second-order valence-corrected chi connectivity index (χ2v) is 6.45. The van der Waals surface area contributed by atoms with E-state index in [2.05, 4.69) is 15.6 Å². The highest BCUT2D eigenvalue weighted by Crippen LogP contribution is 2.34. The molecule has 0 spiro atoms. The van der Waals surface area contributed by atoms with E-state index >= 15 is 0 Å². The fourth-order valence-corrected chi connectivity index (χ4v) is 2.87. The molecule has 1 unspecified atom stereocenters. The van der Waals surface area contributed by atoms with E-state index in [0.29, 0.717) is 19.1 Å². The lowest BCUT2D eigenvalue weighted by Gasteiger charge is -2.13. The van der Waals surface area contributed by atoms with E-state index in [4.69, 9.17) is 23.7 Å². The summed E-state index contributed by atoms with van der Waals surface area (Å²) >= 11 is 0. The Kier molecular flexibility index (Phi) is 10.5. The molecule has 2 heterocycles. The van der Waals surface area contributed by atoms with E-state index in [0.717, 1.165) is 69.0 Å². The minimum atomic E-state index is 0. The highest BCUT2D eigenvalue weighted by Gasteiger charge is 2.15. The van der Waals surface area contributed by atoms with Crippen LogP contribution in [0.2, 0.25) is 0 Å². The van der Waals surface area contributed by atoms with Crippen molar-refractivity contribution in [3.05, 3.63) is 18.2 Å². The summed E-state index contributed by atoms with van der Waals surface area (Å²) < 4.78 is 27.4. The molecule has 8 nitrogen and oxygen atoms in total. The minimum absolute atomic E-state index is 0. The second kappa shape index (κ2) is 12.9. The van der Waals surface area contributed by atoms with Crippen LogP contribution in [0, 0.1) is 5.92 Å². The molecule has 2 aliphatic rings. The molecule has 2 aliphatic heterocycles. The van der Waals surface area contributed by atoms with Gasteiger partial charge in [0, 0.05) is 38.8 Å². The third-order valence-electron chi connectivity index (χ3n) is 4.37. The predicted molar refractivity (Wildman–Crippen MR) is 117 cm³/mol. The monoisotopic (exact) mass is 507 g/mol. The Hall–Kier alpha value is -1.46. The van der Waals surface area contributed by atoms with Gasteiger partial charge in [-0.1, -0.05) is 0 Å². The second-order valence-electron chi connectivity index (χ2n) is 6.45. The smallest absolute Gasteiger partial charge is 0.231 e. The Labute approximate surface area is 183 Å². The van der Waals surface area contributed by atoms with Crippen LogP contribution < -0.4 is 24.8 Å². The zero-order valence-electron chi connectivity index (χ0n) is 16.3. The van der Waals surface area contributed by atoms with Gasteiger partial charge in [0.1, 0.15) is 12.4 Å². The average molecular weight is 507 g/mol. The fraction of sp³-hybridized carbons (Fsp3) is 0.632. The molecule has 0 bridgehead atoms. The largest absolute Gasteiger partial charge is 0.492 e. The van der Waals surface area contributed by atoms with Crippen LogP contribution in [0.25, 0.3) is 0 Å². The van der Waals surface area contributed by atoms with Gasteiger partial charge in [-0.15, -0.1) is 24.0 Å². The lowest BCUT2D eigenvalue weighted by molar-refractivity contribution is 0.0888. The molecule has 1 saturated heterocycles. The van der Waals surface area contributed by atoms with Crippen LogP contribution in [0.5, 0.6) is 17.2 Å². The molecule has 1 fully saturated rings. The molecule has 0 amide bonds. The van der Waals surface area contributed by atoms with Gasteiger partial charge in [0.25, 0.3) is 0 Å². The van der Waals surface area contributed by atoms with Crippen LogP contribution in [0.4, 0.5) is 0 Å². The summed E-state index contributed by atoms with van der Waals surface area (Å²) in [5.41, 5.74) is 0. The molecule has 158 valence electrons. The topological polar surface area (TPSA) is 82.6 Å². The van der Waals surface area contributed by atoms with Gasteiger partial charge in [0.15, 0.2) is 17.5 Å². The molecule has 1 atom stereocenters. The molecule has 0 aromatic heterocycles. The first-order valence-electron chi connectivity index (χ1n) is 9.47. The maximum Gasteiger partial charge on any atom is 0.231 e. The van der Waals surface area contributed by atoms with E-state index in [1.807, 2.05) is 18.2 Å². The van der Waals surface area contributed by atoms with Crippen molar-refractivity contribution in [1.29, 1.82) is 0 Å². The van der Waals surface area contributed by atoms with Crippen LogP contribution >= 0.6 is 24.0 Å². The van der Waals surface area contributed by atoms with Crippen molar-refractivity contribution in [3.8, 4) is 17.2 Å². The van der Waals surface area contributed by atoms with E-state index in [1.165, 1.54) is 0 Å². The van der Waals surface area contributed by atoms with Crippen molar-refractivity contribution in [2.24, 2.45) is 10.9 Å². The van der Waals surface area contributed by atoms with Crippen molar-refractivity contribution in [1.82, 2.24) is 10.6 Å². The Balaban J connectivity index is 0.00000280. The van der Waals surface area contributed by atoms with Gasteiger partial charge in [0.2, 0.25) is 6.79 Å². The zero-order valence-corrected chi connectivity index (χ0v) is 18.6. The Morgan fingerprint density at radius 2 is 2.04 bits per heavy atom. The lowest BCUT2D eigenvalue weighted by Crippen LogP contribution is -2.39. The third-order valence-corrected chi connectivity index (χ3v) is 4.37. The molecule has 0 aliphatic carbocycles. The molecule has 1 aromatic carbocycles. The molecule has 28 heavy (non-hydrogen) atoms. The SMILES string of the molecule is CN=C(NCCCOCC1CCOC1)NCCOc1ccc2c(c1)OCO2.I. The predicted octanol–water partition coefficient (Wildman–Crippen LogP) is 2.02. The summed E-state index contributed by atoms with van der Waals surface area (Å²) in [7, 11) is 1.75. The van der Waals surface area contributed by atoms with Gasteiger partial charge in [-0.3, -0.25) is 4.99 Å². The van der Waals surface area contributed by atoms with Gasteiger partial charge < -0.3 is 34.3 Å². The number of hydrogen-bond donors (Lipinski definition) is 2. The molecule has 9 heteroatoms. The first-order chi connectivity index (χ1) is 13.3.